The number of nitro benzene ring substituents is 1. The zero-order valence-corrected chi connectivity index (χ0v) is 13.4. The average Bonchev–Trinajstić information content (AvgIpc) is 2.98. The van der Waals surface area contributed by atoms with Crippen LogP contribution in [0.5, 0.6) is 0 Å². The Labute approximate surface area is 141 Å². The Morgan fingerprint density at radius 1 is 1.21 bits per heavy atom. The Hall–Kier alpha value is -3.13. The second-order valence-electron chi connectivity index (χ2n) is 4.91. The maximum Gasteiger partial charge on any atom is 0.269 e. The molecule has 0 aliphatic carbocycles. The van der Waals surface area contributed by atoms with Gasteiger partial charge in [0.2, 0.25) is 0 Å². The average molecular weight is 340 g/mol. The minimum atomic E-state index is -0.488. The number of hydrogen-bond donors (Lipinski definition) is 1. The van der Waals surface area contributed by atoms with Crippen molar-refractivity contribution in [1.82, 2.24) is 9.97 Å². The molecule has 2 aromatic heterocycles. The number of rotatable bonds is 4. The van der Waals surface area contributed by atoms with Crippen molar-refractivity contribution in [1.29, 1.82) is 0 Å². The molecule has 0 atom stereocenters. The molecule has 24 heavy (non-hydrogen) atoms. The van der Waals surface area contributed by atoms with E-state index < -0.39 is 4.92 Å². The first kappa shape index (κ1) is 15.8. The molecule has 120 valence electrons. The lowest BCUT2D eigenvalue weighted by atomic mass is 10.2. The Kier molecular flexibility index (Phi) is 4.30. The third-order valence-corrected chi connectivity index (χ3v) is 4.40. The van der Waals surface area contributed by atoms with E-state index in [-0.39, 0.29) is 11.6 Å². The highest BCUT2D eigenvalue weighted by molar-refractivity contribution is 7.17. The van der Waals surface area contributed by atoms with E-state index in [1.807, 2.05) is 18.2 Å². The van der Waals surface area contributed by atoms with Crippen LogP contribution < -0.4 is 5.32 Å². The van der Waals surface area contributed by atoms with Crippen molar-refractivity contribution in [3.63, 3.8) is 0 Å². The van der Waals surface area contributed by atoms with Crippen LogP contribution in [0.15, 0.2) is 48.7 Å². The van der Waals surface area contributed by atoms with Gasteiger partial charge in [-0.25, -0.2) is 4.98 Å². The Morgan fingerprint density at radius 2 is 1.96 bits per heavy atom. The predicted octanol–water partition coefficient (Wildman–Crippen LogP) is 3.67. The molecule has 8 heteroatoms. The number of aryl methyl sites for hydroxylation is 1. The molecular formula is C16H12N4O3S. The third-order valence-electron chi connectivity index (χ3n) is 3.22. The van der Waals surface area contributed by atoms with Gasteiger partial charge in [-0.15, -0.1) is 11.3 Å². The van der Waals surface area contributed by atoms with E-state index in [0.717, 1.165) is 0 Å². The molecule has 1 N–H and O–H groups in total. The largest absolute Gasteiger partial charge is 0.321 e. The van der Waals surface area contributed by atoms with Gasteiger partial charge in [-0.05, 0) is 31.2 Å². The number of non-ortho nitro benzene ring substituents is 1. The Balaban J connectivity index is 1.80. The second-order valence-corrected chi connectivity index (χ2v) is 5.91. The Morgan fingerprint density at radius 3 is 2.58 bits per heavy atom. The fraction of sp³-hybridized carbons (Fsp3) is 0.0625. The van der Waals surface area contributed by atoms with Crippen molar-refractivity contribution in [3.8, 4) is 10.7 Å². The lowest BCUT2D eigenvalue weighted by molar-refractivity contribution is -0.384. The van der Waals surface area contributed by atoms with Crippen molar-refractivity contribution in [3.05, 3.63) is 69.3 Å². The van der Waals surface area contributed by atoms with Crippen molar-refractivity contribution in [2.24, 2.45) is 0 Å². The molecule has 0 unspecified atom stereocenters. The summed E-state index contributed by atoms with van der Waals surface area (Å²) in [6, 6.07) is 11.2. The zero-order chi connectivity index (χ0) is 17.1. The van der Waals surface area contributed by atoms with E-state index >= 15 is 0 Å². The molecule has 1 aromatic carbocycles. The number of carbonyl (C=O) groups excluding carboxylic acids is 1. The number of nitro groups is 1. The van der Waals surface area contributed by atoms with Crippen LogP contribution in [-0.2, 0) is 0 Å². The van der Waals surface area contributed by atoms with Crippen LogP contribution in [0.3, 0.4) is 0 Å². The first-order valence-electron chi connectivity index (χ1n) is 6.99. The van der Waals surface area contributed by atoms with Gasteiger partial charge in [0.25, 0.3) is 11.6 Å². The van der Waals surface area contributed by atoms with Crippen molar-refractivity contribution < 1.29 is 9.72 Å². The normalized spacial score (nSPS) is 10.4. The maximum absolute atomic E-state index is 12.4. The maximum atomic E-state index is 12.4. The van der Waals surface area contributed by atoms with Crippen LogP contribution in [0.25, 0.3) is 10.7 Å². The number of anilines is 1. The van der Waals surface area contributed by atoms with Gasteiger partial charge < -0.3 is 5.32 Å². The summed E-state index contributed by atoms with van der Waals surface area (Å²) in [5, 5.41) is 14.0. The molecule has 1 amide bonds. The summed E-state index contributed by atoms with van der Waals surface area (Å²) >= 11 is 1.25. The number of nitrogens with one attached hydrogen (secondary N) is 1. The minimum absolute atomic E-state index is 0.0283. The first-order valence-corrected chi connectivity index (χ1v) is 7.81. The summed E-state index contributed by atoms with van der Waals surface area (Å²) in [6.07, 6.45) is 1.67. The summed E-state index contributed by atoms with van der Waals surface area (Å²) in [6.45, 7) is 1.76. The van der Waals surface area contributed by atoms with Gasteiger partial charge in [0.1, 0.15) is 9.88 Å². The van der Waals surface area contributed by atoms with Crippen molar-refractivity contribution in [2.45, 2.75) is 6.92 Å². The van der Waals surface area contributed by atoms with Crippen LogP contribution in [0.4, 0.5) is 11.4 Å². The minimum Gasteiger partial charge on any atom is -0.321 e. The molecule has 0 bridgehead atoms. The molecule has 3 aromatic rings. The summed E-state index contributed by atoms with van der Waals surface area (Å²) in [4.78, 5) is 31.7. The van der Waals surface area contributed by atoms with Crippen molar-refractivity contribution >= 4 is 28.6 Å². The monoisotopic (exact) mass is 340 g/mol. The van der Waals surface area contributed by atoms with E-state index in [1.54, 1.807) is 13.1 Å². The Bertz CT molecular complexity index is 891. The summed E-state index contributed by atoms with van der Waals surface area (Å²) in [7, 11) is 0. The van der Waals surface area contributed by atoms with Gasteiger partial charge in [0.05, 0.1) is 16.3 Å². The van der Waals surface area contributed by atoms with E-state index in [2.05, 4.69) is 15.3 Å². The molecule has 3 rings (SSSR count). The van der Waals surface area contributed by atoms with Gasteiger partial charge in [0.15, 0.2) is 0 Å². The zero-order valence-electron chi connectivity index (χ0n) is 12.6. The topological polar surface area (TPSA) is 98.0 Å². The number of nitrogens with zero attached hydrogens (tertiary/aromatic N) is 3. The second kappa shape index (κ2) is 6.55. The third kappa shape index (κ3) is 3.28. The standard InChI is InChI=1S/C16H12N4O3S/c1-10-14(24-16(18-10)13-4-2-3-9-17-13)15(21)19-11-5-7-12(8-6-11)20(22)23/h2-9H,1H3,(H,19,21). The highest BCUT2D eigenvalue weighted by Gasteiger charge is 2.17. The van der Waals surface area contributed by atoms with Crippen LogP contribution in [0.1, 0.15) is 15.4 Å². The van der Waals surface area contributed by atoms with Crippen LogP contribution >= 0.6 is 11.3 Å². The number of benzene rings is 1. The number of thiazole rings is 1. The molecule has 0 spiro atoms. The van der Waals surface area contributed by atoms with E-state index in [9.17, 15) is 14.9 Å². The summed E-state index contributed by atoms with van der Waals surface area (Å²) in [5.41, 5.74) is 1.78. The van der Waals surface area contributed by atoms with E-state index in [1.165, 1.54) is 35.6 Å². The molecule has 0 aliphatic rings. The fourth-order valence-corrected chi connectivity index (χ4v) is 3.00. The molecule has 7 nitrogen and oxygen atoms in total. The summed E-state index contributed by atoms with van der Waals surface area (Å²) < 4.78 is 0. The number of pyridine rings is 1. The van der Waals surface area contributed by atoms with Crippen molar-refractivity contribution in [2.75, 3.05) is 5.32 Å². The van der Waals surface area contributed by atoms with Gasteiger partial charge in [-0.2, -0.15) is 0 Å². The molecule has 0 aliphatic heterocycles. The highest BCUT2D eigenvalue weighted by Crippen LogP contribution is 2.27. The first-order chi connectivity index (χ1) is 11.5. The van der Waals surface area contributed by atoms with Crippen LogP contribution in [0, 0.1) is 17.0 Å². The molecule has 0 radical (unpaired) electrons. The predicted molar refractivity (Wildman–Crippen MR) is 91.1 cm³/mol. The highest BCUT2D eigenvalue weighted by atomic mass is 32.1. The number of aromatic nitrogens is 2. The van der Waals surface area contributed by atoms with Gasteiger partial charge in [-0.3, -0.25) is 19.9 Å². The molecule has 0 fully saturated rings. The molecular weight excluding hydrogens is 328 g/mol. The quantitative estimate of drug-likeness (QED) is 0.577. The molecule has 0 saturated heterocycles. The summed E-state index contributed by atoms with van der Waals surface area (Å²) in [5.74, 6) is -0.305. The lowest BCUT2D eigenvalue weighted by Gasteiger charge is -2.03. The van der Waals surface area contributed by atoms with E-state index in [0.29, 0.717) is 27.0 Å². The molecule has 2 heterocycles. The lowest BCUT2D eigenvalue weighted by Crippen LogP contribution is -2.11. The number of carbonyl (C=O) groups is 1. The fourth-order valence-electron chi connectivity index (χ4n) is 2.06. The van der Waals surface area contributed by atoms with Gasteiger partial charge in [0, 0.05) is 24.0 Å². The van der Waals surface area contributed by atoms with Crippen LogP contribution in [-0.4, -0.2) is 20.8 Å². The van der Waals surface area contributed by atoms with Gasteiger partial charge in [-0.1, -0.05) is 6.07 Å². The smallest absolute Gasteiger partial charge is 0.269 e. The number of hydrogen-bond acceptors (Lipinski definition) is 6. The molecule has 0 saturated carbocycles. The van der Waals surface area contributed by atoms with Gasteiger partial charge >= 0.3 is 0 Å². The number of amides is 1. The van der Waals surface area contributed by atoms with Crippen LogP contribution in [0.2, 0.25) is 0 Å². The van der Waals surface area contributed by atoms with E-state index in [4.69, 9.17) is 0 Å². The SMILES string of the molecule is Cc1nc(-c2ccccn2)sc1C(=O)Nc1ccc([N+](=O)[O-])cc1.